The Balaban J connectivity index is 1.49. The fourth-order valence-electron chi connectivity index (χ4n) is 4.82. The predicted molar refractivity (Wildman–Crippen MR) is 149 cm³/mol. The lowest BCUT2D eigenvalue weighted by Crippen LogP contribution is -2.45. The Kier molecular flexibility index (Phi) is 9.75. The first-order chi connectivity index (χ1) is 18.3. The molecule has 0 saturated carbocycles. The Morgan fingerprint density at radius 1 is 1.13 bits per heavy atom. The molecule has 38 heavy (non-hydrogen) atoms. The molecule has 2 saturated heterocycles. The number of hydrogen-bond donors (Lipinski definition) is 2. The van der Waals surface area contributed by atoms with Crippen molar-refractivity contribution in [2.45, 2.75) is 69.3 Å². The van der Waals surface area contributed by atoms with Crippen molar-refractivity contribution in [1.82, 2.24) is 10.8 Å². The first-order valence-electron chi connectivity index (χ1n) is 13.3. The molecule has 1 unspecified atom stereocenters. The molecule has 4 rings (SSSR count). The van der Waals surface area contributed by atoms with Crippen molar-refractivity contribution in [3.63, 3.8) is 0 Å². The van der Waals surface area contributed by atoms with Gasteiger partial charge in [0, 0.05) is 35.4 Å². The van der Waals surface area contributed by atoms with Gasteiger partial charge in [-0.25, -0.2) is 18.7 Å². The van der Waals surface area contributed by atoms with Crippen molar-refractivity contribution >= 4 is 39.1 Å². The van der Waals surface area contributed by atoms with Gasteiger partial charge in [0.15, 0.2) is 16.1 Å². The maximum atomic E-state index is 13.4. The number of ether oxygens (including phenoxy) is 1. The molecule has 8 nitrogen and oxygen atoms in total. The zero-order valence-corrected chi connectivity index (χ0v) is 23.4. The molecule has 10 heteroatoms. The van der Waals surface area contributed by atoms with E-state index in [1.807, 2.05) is 43.3 Å². The van der Waals surface area contributed by atoms with Crippen LogP contribution in [0.3, 0.4) is 0 Å². The van der Waals surface area contributed by atoms with Crippen molar-refractivity contribution in [1.29, 1.82) is 0 Å². The Hall–Kier alpha value is -2.53. The number of carbonyl (C=O) groups is 2. The van der Waals surface area contributed by atoms with E-state index in [9.17, 15) is 18.0 Å². The van der Waals surface area contributed by atoms with Gasteiger partial charge in [-0.2, -0.15) is 0 Å². The molecule has 3 heterocycles. The summed E-state index contributed by atoms with van der Waals surface area (Å²) in [6.07, 6.45) is 7.82. The summed E-state index contributed by atoms with van der Waals surface area (Å²) < 4.78 is 31.1. The quantitative estimate of drug-likeness (QED) is 0.322. The van der Waals surface area contributed by atoms with E-state index in [4.69, 9.17) is 9.57 Å². The lowest BCUT2D eigenvalue weighted by molar-refractivity contribution is -0.200. The zero-order valence-electron chi connectivity index (χ0n) is 21.7. The van der Waals surface area contributed by atoms with E-state index in [1.165, 1.54) is 17.4 Å². The van der Waals surface area contributed by atoms with Crippen molar-refractivity contribution < 1.29 is 27.6 Å². The third kappa shape index (κ3) is 6.91. The molecule has 1 aromatic carbocycles. The van der Waals surface area contributed by atoms with E-state index < -0.39 is 26.8 Å². The third-order valence-electron chi connectivity index (χ3n) is 6.95. The molecule has 2 atom stereocenters. The first kappa shape index (κ1) is 28.5. The van der Waals surface area contributed by atoms with Crippen LogP contribution in [0, 0.1) is 0 Å². The van der Waals surface area contributed by atoms with Gasteiger partial charge < -0.3 is 10.1 Å². The van der Waals surface area contributed by atoms with Crippen LogP contribution in [0.5, 0.6) is 0 Å². The summed E-state index contributed by atoms with van der Waals surface area (Å²) in [7, 11) is -3.56. The average Bonchev–Trinajstić information content (AvgIpc) is 3.42. The summed E-state index contributed by atoms with van der Waals surface area (Å²) in [6, 6.07) is 11.5. The highest BCUT2D eigenvalue weighted by molar-refractivity contribution is 7.92. The number of hydroxylamine groups is 1. The number of carbonyl (C=O) groups excluding carboxylic acids is 2. The Bertz CT molecular complexity index is 1230. The van der Waals surface area contributed by atoms with E-state index in [0.717, 1.165) is 41.7 Å². The second kappa shape index (κ2) is 13.0. The van der Waals surface area contributed by atoms with Crippen LogP contribution in [-0.2, 0) is 33.7 Å². The lowest BCUT2D eigenvalue weighted by Gasteiger charge is -2.35. The minimum Gasteiger partial charge on any atom is -0.353 e. The molecule has 206 valence electrons. The normalized spacial score (nSPS) is 23.2. The molecule has 0 bridgehead atoms. The molecule has 2 aromatic rings. The highest BCUT2D eigenvalue weighted by atomic mass is 32.2. The van der Waals surface area contributed by atoms with Crippen LogP contribution in [0.1, 0.15) is 68.7 Å². The van der Waals surface area contributed by atoms with Gasteiger partial charge >= 0.3 is 0 Å². The Labute approximate surface area is 228 Å². The third-order valence-corrected chi connectivity index (χ3v) is 11.0. The zero-order chi connectivity index (χ0) is 27.0. The number of hydrogen-bond acceptors (Lipinski definition) is 7. The molecule has 0 spiro atoms. The van der Waals surface area contributed by atoms with Crippen LogP contribution < -0.4 is 10.8 Å². The van der Waals surface area contributed by atoms with Crippen molar-refractivity contribution in [3.8, 4) is 10.4 Å². The molecule has 1 aromatic heterocycles. The molecular weight excluding hydrogens is 524 g/mol. The summed E-state index contributed by atoms with van der Waals surface area (Å²) in [4.78, 5) is 31.8. The summed E-state index contributed by atoms with van der Waals surface area (Å²) >= 11 is 1.41. The number of thiophene rings is 1. The number of rotatable bonds is 10. The molecule has 2 N–H and O–H groups in total. The van der Waals surface area contributed by atoms with Crippen LogP contribution in [0.15, 0.2) is 42.5 Å². The van der Waals surface area contributed by atoms with Crippen LogP contribution in [-0.4, -0.2) is 45.4 Å². The van der Waals surface area contributed by atoms with Crippen LogP contribution in [0.2, 0.25) is 0 Å². The van der Waals surface area contributed by atoms with Gasteiger partial charge in [0.25, 0.3) is 0 Å². The van der Waals surface area contributed by atoms with Gasteiger partial charge in [0.2, 0.25) is 11.8 Å². The Morgan fingerprint density at radius 2 is 1.95 bits per heavy atom. The fraction of sp³-hybridized carbons (Fsp3) is 0.500. The van der Waals surface area contributed by atoms with Crippen LogP contribution in [0.25, 0.3) is 16.5 Å². The average molecular weight is 561 g/mol. The van der Waals surface area contributed by atoms with Crippen molar-refractivity contribution in [2.75, 3.05) is 18.9 Å². The SMILES string of the molecule is CCCNC(=O)C=Cc1ccc(-c2ccc([C@@]3(CC(=O)NOC4CCCCO4)CCCCS3(=O)=O)s2)cc1. The summed E-state index contributed by atoms with van der Waals surface area (Å²) in [5.74, 6) is -0.523. The molecule has 2 fully saturated rings. The van der Waals surface area contributed by atoms with Gasteiger partial charge in [-0.05, 0) is 61.4 Å². The predicted octanol–water partition coefficient (Wildman–Crippen LogP) is 4.71. The minimum atomic E-state index is -3.56. The second-order valence-electron chi connectivity index (χ2n) is 9.80. The van der Waals surface area contributed by atoms with Crippen LogP contribution >= 0.6 is 11.3 Å². The monoisotopic (exact) mass is 560 g/mol. The maximum Gasteiger partial charge on any atom is 0.245 e. The van der Waals surface area contributed by atoms with Gasteiger partial charge in [0.05, 0.1) is 12.2 Å². The minimum absolute atomic E-state index is 0.0625. The summed E-state index contributed by atoms with van der Waals surface area (Å²) in [6.45, 7) is 3.23. The van der Waals surface area contributed by atoms with E-state index in [2.05, 4.69) is 10.8 Å². The Morgan fingerprint density at radius 3 is 2.66 bits per heavy atom. The molecule has 2 amide bonds. The molecule has 0 radical (unpaired) electrons. The number of sulfone groups is 1. The van der Waals surface area contributed by atoms with Gasteiger partial charge in [0.1, 0.15) is 4.75 Å². The van der Waals surface area contributed by atoms with Crippen molar-refractivity contribution in [3.05, 3.63) is 52.9 Å². The molecule has 2 aliphatic rings. The number of amides is 2. The smallest absolute Gasteiger partial charge is 0.245 e. The summed E-state index contributed by atoms with van der Waals surface area (Å²) in [5.41, 5.74) is 4.28. The van der Waals surface area contributed by atoms with Crippen molar-refractivity contribution in [2.24, 2.45) is 0 Å². The van der Waals surface area contributed by atoms with Gasteiger partial charge in [-0.1, -0.05) is 37.6 Å². The topological polar surface area (TPSA) is 111 Å². The van der Waals surface area contributed by atoms with Gasteiger partial charge in [-0.15, -0.1) is 11.3 Å². The lowest BCUT2D eigenvalue weighted by atomic mass is 9.94. The van der Waals surface area contributed by atoms with E-state index in [-0.39, 0.29) is 18.1 Å². The van der Waals surface area contributed by atoms with Gasteiger partial charge in [-0.3, -0.25) is 9.59 Å². The standard InChI is InChI=1S/C28H36N2O6S2/c1-2-17-29-25(31)15-10-21-8-11-22(12-9-21)23-13-14-24(37-23)28(16-4-6-19-38(28,33)34)20-26(32)30-36-27-7-3-5-18-35-27/h8-15,27H,2-7,16-20H2,1H3,(H,29,31)(H,30,32)/t27?,28-/m0/s1. The first-order valence-corrected chi connectivity index (χ1v) is 15.7. The number of nitrogens with one attached hydrogen (secondary N) is 2. The number of benzene rings is 1. The van der Waals surface area contributed by atoms with E-state index >= 15 is 0 Å². The molecular formula is C28H36N2O6S2. The highest BCUT2D eigenvalue weighted by Crippen LogP contribution is 2.47. The fourth-order valence-corrected chi connectivity index (χ4v) is 8.61. The van der Waals surface area contributed by atoms with Crippen LogP contribution in [0.4, 0.5) is 0 Å². The second-order valence-corrected chi connectivity index (χ2v) is 13.3. The largest absolute Gasteiger partial charge is 0.353 e. The van der Waals surface area contributed by atoms with E-state index in [1.54, 1.807) is 6.08 Å². The highest BCUT2D eigenvalue weighted by Gasteiger charge is 2.49. The molecule has 2 aliphatic heterocycles. The summed E-state index contributed by atoms with van der Waals surface area (Å²) in [5, 5.41) is 2.81. The molecule has 0 aliphatic carbocycles. The van der Waals surface area contributed by atoms with E-state index in [0.29, 0.717) is 37.3 Å². The maximum absolute atomic E-state index is 13.4.